The Morgan fingerprint density at radius 1 is 1.09 bits per heavy atom. The molecular weight excluding hydrogens is 290 g/mol. The van der Waals surface area contributed by atoms with Gasteiger partial charge in [-0.3, -0.25) is 4.79 Å². The zero-order chi connectivity index (χ0) is 16.7. The second-order valence-corrected chi connectivity index (χ2v) is 6.50. The maximum absolute atomic E-state index is 11.9. The van der Waals surface area contributed by atoms with Crippen LogP contribution >= 0.6 is 0 Å². The maximum Gasteiger partial charge on any atom is 0.319 e. The van der Waals surface area contributed by atoms with Crippen molar-refractivity contribution in [3.63, 3.8) is 0 Å². The number of carbonyl (C=O) groups is 2. The van der Waals surface area contributed by atoms with Crippen LogP contribution in [0, 0.1) is 5.92 Å². The number of urea groups is 1. The van der Waals surface area contributed by atoms with E-state index >= 15 is 0 Å². The van der Waals surface area contributed by atoms with Gasteiger partial charge in [0.1, 0.15) is 0 Å². The summed E-state index contributed by atoms with van der Waals surface area (Å²) in [5.74, 6) is 0.685. The van der Waals surface area contributed by atoms with Gasteiger partial charge in [0.05, 0.1) is 6.42 Å². The second-order valence-electron chi connectivity index (χ2n) is 6.50. The van der Waals surface area contributed by atoms with Gasteiger partial charge < -0.3 is 15.5 Å². The number of amides is 3. The zero-order valence-corrected chi connectivity index (χ0v) is 14.1. The average molecular weight is 317 g/mol. The highest BCUT2D eigenvalue weighted by atomic mass is 16.2. The molecule has 23 heavy (non-hydrogen) atoms. The summed E-state index contributed by atoms with van der Waals surface area (Å²) in [6.45, 7) is 0.751. The summed E-state index contributed by atoms with van der Waals surface area (Å²) in [6.07, 6.45) is 6.69. The first-order valence-corrected chi connectivity index (χ1v) is 8.38. The number of hydrogen-bond donors (Lipinski definition) is 2. The molecule has 0 bridgehead atoms. The molecular formula is C18H27N3O2. The van der Waals surface area contributed by atoms with E-state index in [1.54, 1.807) is 19.0 Å². The first-order valence-electron chi connectivity index (χ1n) is 8.38. The number of rotatable bonds is 5. The molecule has 2 rings (SSSR count). The van der Waals surface area contributed by atoms with Crippen molar-refractivity contribution in [1.82, 2.24) is 10.2 Å². The SMILES string of the molecule is CN(C)C(=O)Cc1ccc(NC(=O)NCC2CCCCC2)cc1. The average Bonchev–Trinajstić information content (AvgIpc) is 2.55. The van der Waals surface area contributed by atoms with Gasteiger partial charge >= 0.3 is 6.03 Å². The van der Waals surface area contributed by atoms with E-state index in [0.717, 1.165) is 17.8 Å². The first-order chi connectivity index (χ1) is 11.0. The van der Waals surface area contributed by atoms with Crippen molar-refractivity contribution < 1.29 is 9.59 Å². The fraction of sp³-hybridized carbons (Fsp3) is 0.556. The topological polar surface area (TPSA) is 61.4 Å². The quantitative estimate of drug-likeness (QED) is 0.877. The molecule has 0 aliphatic heterocycles. The Hall–Kier alpha value is -2.04. The van der Waals surface area contributed by atoms with Gasteiger partial charge in [-0.15, -0.1) is 0 Å². The lowest BCUT2D eigenvalue weighted by atomic mass is 9.89. The highest BCUT2D eigenvalue weighted by Crippen LogP contribution is 2.22. The molecule has 1 fully saturated rings. The summed E-state index contributed by atoms with van der Waals surface area (Å²) < 4.78 is 0. The molecule has 126 valence electrons. The van der Waals surface area contributed by atoms with E-state index in [1.165, 1.54) is 32.1 Å². The minimum atomic E-state index is -0.160. The lowest BCUT2D eigenvalue weighted by Gasteiger charge is -2.21. The smallest absolute Gasteiger partial charge is 0.319 e. The van der Waals surface area contributed by atoms with Crippen molar-refractivity contribution >= 4 is 17.6 Å². The van der Waals surface area contributed by atoms with Crippen molar-refractivity contribution in [2.75, 3.05) is 26.0 Å². The van der Waals surface area contributed by atoms with E-state index in [9.17, 15) is 9.59 Å². The first kappa shape index (κ1) is 17.3. The fourth-order valence-corrected chi connectivity index (χ4v) is 2.84. The van der Waals surface area contributed by atoms with Gasteiger partial charge in [-0.1, -0.05) is 31.4 Å². The molecule has 1 aliphatic carbocycles. The molecule has 0 aromatic heterocycles. The van der Waals surface area contributed by atoms with E-state index in [0.29, 0.717) is 12.3 Å². The van der Waals surface area contributed by atoms with Crippen LogP contribution < -0.4 is 10.6 Å². The molecule has 3 amide bonds. The molecule has 1 saturated carbocycles. The van der Waals surface area contributed by atoms with E-state index < -0.39 is 0 Å². The Bertz CT molecular complexity index is 520. The maximum atomic E-state index is 11.9. The Kier molecular flexibility index (Phi) is 6.44. The van der Waals surface area contributed by atoms with Crippen molar-refractivity contribution in [2.45, 2.75) is 38.5 Å². The van der Waals surface area contributed by atoms with Crippen LogP contribution in [0.3, 0.4) is 0 Å². The summed E-state index contributed by atoms with van der Waals surface area (Å²) >= 11 is 0. The van der Waals surface area contributed by atoms with Crippen LogP contribution in [0.2, 0.25) is 0 Å². The highest BCUT2D eigenvalue weighted by molar-refractivity contribution is 5.89. The standard InChI is InChI=1S/C18H27N3O2/c1-21(2)17(22)12-14-8-10-16(11-9-14)20-18(23)19-13-15-6-4-3-5-7-15/h8-11,15H,3-7,12-13H2,1-2H3,(H2,19,20,23). The highest BCUT2D eigenvalue weighted by Gasteiger charge is 2.14. The molecule has 0 spiro atoms. The molecule has 0 radical (unpaired) electrons. The molecule has 5 nitrogen and oxygen atoms in total. The molecule has 0 unspecified atom stereocenters. The molecule has 1 aromatic carbocycles. The van der Waals surface area contributed by atoms with Gasteiger partial charge in [0.25, 0.3) is 0 Å². The third-order valence-electron chi connectivity index (χ3n) is 4.34. The molecule has 0 atom stereocenters. The van der Waals surface area contributed by atoms with E-state index in [2.05, 4.69) is 10.6 Å². The van der Waals surface area contributed by atoms with Crippen molar-refractivity contribution in [1.29, 1.82) is 0 Å². The number of benzene rings is 1. The van der Waals surface area contributed by atoms with Gasteiger partial charge in [-0.2, -0.15) is 0 Å². The summed E-state index contributed by atoms with van der Waals surface area (Å²) in [4.78, 5) is 25.2. The van der Waals surface area contributed by atoms with Gasteiger partial charge in [0.2, 0.25) is 5.91 Å². The van der Waals surface area contributed by atoms with Gasteiger partial charge in [-0.05, 0) is 36.5 Å². The third kappa shape index (κ3) is 5.93. The van der Waals surface area contributed by atoms with Gasteiger partial charge in [0, 0.05) is 26.3 Å². The Balaban J connectivity index is 1.76. The van der Waals surface area contributed by atoms with E-state index in [-0.39, 0.29) is 11.9 Å². The van der Waals surface area contributed by atoms with Crippen molar-refractivity contribution in [3.8, 4) is 0 Å². The summed E-state index contributed by atoms with van der Waals surface area (Å²) in [5.41, 5.74) is 1.68. The van der Waals surface area contributed by atoms with Crippen molar-refractivity contribution in [2.24, 2.45) is 5.92 Å². The number of nitrogens with one attached hydrogen (secondary N) is 2. The predicted molar refractivity (Wildman–Crippen MR) is 92.4 cm³/mol. The van der Waals surface area contributed by atoms with Crippen LogP contribution in [0.1, 0.15) is 37.7 Å². The zero-order valence-electron chi connectivity index (χ0n) is 14.1. The van der Waals surface area contributed by atoms with Crippen LogP contribution in [0.4, 0.5) is 10.5 Å². The molecule has 1 aliphatic rings. The summed E-state index contributed by atoms with van der Waals surface area (Å²) in [7, 11) is 3.49. The van der Waals surface area contributed by atoms with Crippen LogP contribution in [0.15, 0.2) is 24.3 Å². The van der Waals surface area contributed by atoms with E-state index in [4.69, 9.17) is 0 Å². The van der Waals surface area contributed by atoms with Crippen LogP contribution in [-0.4, -0.2) is 37.5 Å². The summed E-state index contributed by atoms with van der Waals surface area (Å²) in [6, 6.07) is 7.25. The van der Waals surface area contributed by atoms with Crippen LogP contribution in [-0.2, 0) is 11.2 Å². The largest absolute Gasteiger partial charge is 0.349 e. The number of anilines is 1. The molecule has 1 aromatic rings. The normalized spacial score (nSPS) is 15.0. The monoisotopic (exact) mass is 317 g/mol. The van der Waals surface area contributed by atoms with Gasteiger partial charge in [0.15, 0.2) is 0 Å². The second kappa shape index (κ2) is 8.56. The summed E-state index contributed by atoms with van der Waals surface area (Å²) in [5, 5.41) is 5.79. The Morgan fingerprint density at radius 3 is 2.35 bits per heavy atom. The minimum absolute atomic E-state index is 0.0657. The lowest BCUT2D eigenvalue weighted by Crippen LogP contribution is -2.33. The molecule has 2 N–H and O–H groups in total. The third-order valence-corrected chi connectivity index (χ3v) is 4.34. The van der Waals surface area contributed by atoms with Crippen molar-refractivity contribution in [3.05, 3.63) is 29.8 Å². The van der Waals surface area contributed by atoms with E-state index in [1.807, 2.05) is 24.3 Å². The fourth-order valence-electron chi connectivity index (χ4n) is 2.84. The lowest BCUT2D eigenvalue weighted by molar-refractivity contribution is -0.127. The number of likely N-dealkylation sites (N-methyl/N-ethyl adjacent to an activating group) is 1. The predicted octanol–water partition coefficient (Wildman–Crippen LogP) is 3.02. The number of hydrogen-bond acceptors (Lipinski definition) is 2. The minimum Gasteiger partial charge on any atom is -0.349 e. The Labute approximate surface area is 138 Å². The number of carbonyl (C=O) groups excluding carboxylic acids is 2. The van der Waals surface area contributed by atoms with Crippen LogP contribution in [0.5, 0.6) is 0 Å². The molecule has 0 heterocycles. The molecule has 5 heteroatoms. The molecule has 0 saturated heterocycles. The van der Waals surface area contributed by atoms with Crippen LogP contribution in [0.25, 0.3) is 0 Å². The number of nitrogens with zero attached hydrogens (tertiary/aromatic N) is 1. The Morgan fingerprint density at radius 2 is 1.74 bits per heavy atom. The van der Waals surface area contributed by atoms with Gasteiger partial charge in [-0.25, -0.2) is 4.79 Å².